The van der Waals surface area contributed by atoms with Crippen LogP contribution in [0.15, 0.2) is 54.6 Å². The number of rotatable bonds is 5. The summed E-state index contributed by atoms with van der Waals surface area (Å²) in [5.41, 5.74) is 10.4. The monoisotopic (exact) mass is 522 g/mol. The fourth-order valence-corrected chi connectivity index (χ4v) is 7.83. The van der Waals surface area contributed by atoms with Crippen LogP contribution in [0.2, 0.25) is 0 Å². The van der Waals surface area contributed by atoms with Gasteiger partial charge in [-0.25, -0.2) is 9.55 Å². The average molecular weight is 523 g/mol. The number of fused-ring (bicyclic) bond motifs is 2. The van der Waals surface area contributed by atoms with E-state index in [4.69, 9.17) is 4.98 Å². The topological polar surface area (TPSA) is 21.7 Å². The van der Waals surface area contributed by atoms with E-state index in [9.17, 15) is 0 Å². The summed E-state index contributed by atoms with van der Waals surface area (Å²) in [6.45, 7) is 11.5. The van der Waals surface area contributed by atoms with Crippen LogP contribution in [-0.4, -0.2) is 9.55 Å². The zero-order valence-electron chi connectivity index (χ0n) is 23.7. The van der Waals surface area contributed by atoms with Crippen molar-refractivity contribution in [2.75, 3.05) is 0 Å². The van der Waals surface area contributed by atoms with Crippen LogP contribution in [0.4, 0.5) is 0 Å². The Hall–Kier alpha value is -2.98. The highest BCUT2D eigenvalue weighted by molar-refractivity contribution is 7.19. The Morgan fingerprint density at radius 3 is 2.24 bits per heavy atom. The molecule has 2 heterocycles. The van der Waals surface area contributed by atoms with Gasteiger partial charge in [-0.2, -0.15) is 4.57 Å². The number of aromatic nitrogens is 3. The minimum Gasteiger partial charge on any atom is -0.241 e. The van der Waals surface area contributed by atoms with Gasteiger partial charge in [-0.15, -0.1) is 11.3 Å². The molecule has 0 radical (unpaired) electrons. The summed E-state index contributed by atoms with van der Waals surface area (Å²) >= 11 is 1.95. The molecule has 0 bridgehead atoms. The van der Waals surface area contributed by atoms with Crippen molar-refractivity contribution in [3.05, 3.63) is 76.3 Å². The van der Waals surface area contributed by atoms with Crippen LogP contribution in [0.3, 0.4) is 0 Å². The molecular formula is C34H40N3S+. The summed E-state index contributed by atoms with van der Waals surface area (Å²) < 4.78 is 6.32. The normalized spacial score (nSPS) is 14.9. The molecule has 1 fully saturated rings. The van der Waals surface area contributed by atoms with Crippen LogP contribution >= 0.6 is 11.3 Å². The van der Waals surface area contributed by atoms with Crippen LogP contribution in [0.1, 0.15) is 99.3 Å². The first kappa shape index (κ1) is 25.3. The van der Waals surface area contributed by atoms with Gasteiger partial charge in [0.25, 0.3) is 5.82 Å². The highest BCUT2D eigenvalue weighted by Crippen LogP contribution is 2.43. The Labute approximate surface area is 231 Å². The standard InChI is InChI=1S/C34H40N3S/c1-21(2)25-15-12-16-26(22(3)4)31(25)37-29-18-11-10-17-28(29)36(6)34(37)30-23(5)19-20-27-32(30)38-33(35-27)24-13-8-7-9-14-24/h10-12,15-22,24H,7-9,13-14H2,1-6H3/q+1. The first-order valence-electron chi connectivity index (χ1n) is 14.4. The number of benzene rings is 3. The van der Waals surface area contributed by atoms with Crippen molar-refractivity contribution in [1.82, 2.24) is 9.55 Å². The van der Waals surface area contributed by atoms with E-state index in [1.807, 2.05) is 11.3 Å². The Morgan fingerprint density at radius 2 is 1.55 bits per heavy atom. The maximum atomic E-state index is 5.24. The Balaban J connectivity index is 1.72. The summed E-state index contributed by atoms with van der Waals surface area (Å²) in [6.07, 6.45) is 6.60. The van der Waals surface area contributed by atoms with E-state index in [1.54, 1.807) is 0 Å². The molecule has 1 aliphatic carbocycles. The average Bonchev–Trinajstić information content (AvgIpc) is 3.48. The van der Waals surface area contributed by atoms with Gasteiger partial charge in [0.2, 0.25) is 0 Å². The molecular weight excluding hydrogens is 482 g/mol. The van der Waals surface area contributed by atoms with Crippen LogP contribution in [0, 0.1) is 6.92 Å². The molecule has 4 heteroatoms. The second-order valence-corrected chi connectivity index (χ2v) is 12.8. The van der Waals surface area contributed by atoms with E-state index in [0.717, 1.165) is 5.52 Å². The number of imidazole rings is 1. The number of hydrogen-bond acceptors (Lipinski definition) is 2. The maximum Gasteiger partial charge on any atom is 0.296 e. The lowest BCUT2D eigenvalue weighted by molar-refractivity contribution is -0.633. The summed E-state index contributed by atoms with van der Waals surface area (Å²) in [5.74, 6) is 2.70. The third-order valence-corrected chi connectivity index (χ3v) is 9.79. The van der Waals surface area contributed by atoms with Crippen molar-refractivity contribution in [1.29, 1.82) is 0 Å². The minimum absolute atomic E-state index is 0.418. The van der Waals surface area contributed by atoms with Gasteiger partial charge < -0.3 is 0 Å². The summed E-state index contributed by atoms with van der Waals surface area (Å²) in [7, 11) is 2.24. The number of para-hydroxylation sites is 3. The molecule has 1 aliphatic rings. The quantitative estimate of drug-likeness (QED) is 0.211. The van der Waals surface area contributed by atoms with E-state index >= 15 is 0 Å². The first-order valence-corrected chi connectivity index (χ1v) is 15.2. The van der Waals surface area contributed by atoms with Gasteiger partial charge in [0.05, 0.1) is 27.8 Å². The Bertz CT molecular complexity index is 1600. The first-order chi connectivity index (χ1) is 18.4. The molecule has 6 rings (SSSR count). The number of thiazole rings is 1. The zero-order valence-corrected chi connectivity index (χ0v) is 24.5. The van der Waals surface area contributed by atoms with E-state index in [1.165, 1.54) is 86.6 Å². The van der Waals surface area contributed by atoms with Crippen molar-refractivity contribution in [2.45, 2.75) is 84.5 Å². The van der Waals surface area contributed by atoms with Crippen molar-refractivity contribution in [2.24, 2.45) is 7.05 Å². The predicted octanol–water partition coefficient (Wildman–Crippen LogP) is 9.33. The van der Waals surface area contributed by atoms with Crippen molar-refractivity contribution in [3.63, 3.8) is 0 Å². The van der Waals surface area contributed by atoms with Gasteiger partial charge in [0.15, 0.2) is 11.0 Å². The minimum atomic E-state index is 0.418. The molecule has 5 aromatic rings. The molecule has 0 N–H and O–H groups in total. The molecule has 0 aliphatic heterocycles. The van der Waals surface area contributed by atoms with E-state index in [-0.39, 0.29) is 0 Å². The second kappa shape index (κ2) is 9.96. The van der Waals surface area contributed by atoms with Gasteiger partial charge >= 0.3 is 0 Å². The molecule has 1 saturated carbocycles. The van der Waals surface area contributed by atoms with Crippen LogP contribution in [0.25, 0.3) is 38.3 Å². The lowest BCUT2D eigenvalue weighted by atomic mass is 9.90. The largest absolute Gasteiger partial charge is 0.296 e. The number of hydrogen-bond donors (Lipinski definition) is 0. The van der Waals surface area contributed by atoms with E-state index in [2.05, 4.69) is 105 Å². The SMILES string of the molecule is Cc1ccc2nc(C3CCCCC3)sc2c1-c1n(-c2c(C(C)C)cccc2C(C)C)c2ccccc2[n+]1C. The summed E-state index contributed by atoms with van der Waals surface area (Å²) in [6, 6.07) is 20.3. The number of aryl methyl sites for hydroxylation is 2. The van der Waals surface area contributed by atoms with Crippen molar-refractivity contribution in [3.8, 4) is 17.1 Å². The smallest absolute Gasteiger partial charge is 0.241 e. The van der Waals surface area contributed by atoms with Gasteiger partial charge in [-0.3, -0.25) is 0 Å². The van der Waals surface area contributed by atoms with Crippen molar-refractivity contribution < 1.29 is 4.57 Å². The molecule has 0 saturated heterocycles. The Kier molecular flexibility index (Phi) is 6.63. The van der Waals surface area contributed by atoms with Gasteiger partial charge in [0.1, 0.15) is 5.69 Å². The highest BCUT2D eigenvalue weighted by atomic mass is 32.1. The van der Waals surface area contributed by atoms with Crippen LogP contribution in [0.5, 0.6) is 0 Å². The lowest BCUT2D eigenvalue weighted by Gasteiger charge is -2.19. The highest BCUT2D eigenvalue weighted by Gasteiger charge is 2.33. The van der Waals surface area contributed by atoms with Crippen molar-refractivity contribution >= 4 is 32.6 Å². The summed E-state index contributed by atoms with van der Waals surface area (Å²) in [5, 5.41) is 1.34. The molecule has 0 atom stereocenters. The Morgan fingerprint density at radius 1 is 0.868 bits per heavy atom. The molecule has 2 aromatic heterocycles. The molecule has 38 heavy (non-hydrogen) atoms. The lowest BCUT2D eigenvalue weighted by Crippen LogP contribution is -2.30. The molecule has 3 aromatic carbocycles. The molecule has 3 nitrogen and oxygen atoms in total. The fourth-order valence-electron chi connectivity index (χ4n) is 6.50. The third-order valence-electron chi connectivity index (χ3n) is 8.54. The van der Waals surface area contributed by atoms with E-state index < -0.39 is 0 Å². The number of nitrogens with zero attached hydrogens (tertiary/aromatic N) is 3. The van der Waals surface area contributed by atoms with Gasteiger partial charge in [-0.1, -0.05) is 83.4 Å². The van der Waals surface area contributed by atoms with Gasteiger partial charge in [-0.05, 0) is 55.4 Å². The fraction of sp³-hybridized carbons (Fsp3) is 0.412. The molecule has 0 amide bonds. The molecule has 196 valence electrons. The summed E-state index contributed by atoms with van der Waals surface area (Å²) in [4.78, 5) is 5.24. The zero-order chi connectivity index (χ0) is 26.6. The predicted molar refractivity (Wildman–Crippen MR) is 162 cm³/mol. The maximum absolute atomic E-state index is 5.24. The van der Waals surface area contributed by atoms with Crippen LogP contribution in [-0.2, 0) is 7.05 Å². The molecule has 0 unspecified atom stereocenters. The van der Waals surface area contributed by atoms with E-state index in [0.29, 0.717) is 17.8 Å². The molecule has 0 spiro atoms. The van der Waals surface area contributed by atoms with Gasteiger partial charge in [0, 0.05) is 17.0 Å². The second-order valence-electron chi connectivity index (χ2n) is 11.8. The third kappa shape index (κ3) is 4.09. The van der Waals surface area contributed by atoms with Crippen LogP contribution < -0.4 is 4.57 Å².